The molecule has 0 unspecified atom stereocenters. The first-order valence-electron chi connectivity index (χ1n) is 11.6. The molecule has 14 heteroatoms. The minimum Gasteiger partial charge on any atom is -0.452 e. The molecule has 0 aliphatic carbocycles. The van der Waals surface area contributed by atoms with Crippen LogP contribution in [0.25, 0.3) is 22.3 Å². The van der Waals surface area contributed by atoms with Gasteiger partial charge < -0.3 is 32.8 Å². The molecule has 0 aliphatic heterocycles. The van der Waals surface area contributed by atoms with E-state index in [1.807, 2.05) is 0 Å². The van der Waals surface area contributed by atoms with Gasteiger partial charge in [0.25, 0.3) is 0 Å². The lowest BCUT2D eigenvalue weighted by atomic mass is 10.1. The molecule has 0 saturated carbocycles. The van der Waals surface area contributed by atoms with Gasteiger partial charge in [0.15, 0.2) is 17.3 Å². The van der Waals surface area contributed by atoms with Crippen molar-refractivity contribution in [2.75, 3.05) is 0 Å². The van der Waals surface area contributed by atoms with Crippen molar-refractivity contribution in [3.63, 3.8) is 0 Å². The summed E-state index contributed by atoms with van der Waals surface area (Å²) in [4.78, 5) is 84.3. The molecule has 0 fully saturated rings. The highest BCUT2D eigenvalue weighted by Crippen LogP contribution is 2.45. The molecule has 41 heavy (non-hydrogen) atoms. The summed E-state index contributed by atoms with van der Waals surface area (Å²) in [6.45, 7) is 6.31. The van der Waals surface area contributed by atoms with Crippen LogP contribution in [0.1, 0.15) is 41.5 Å². The number of ether oxygens (including phenoxy) is 6. The summed E-state index contributed by atoms with van der Waals surface area (Å²) < 4.78 is 36.6. The first kappa shape index (κ1) is 30.0. The summed E-state index contributed by atoms with van der Waals surface area (Å²) >= 11 is 0. The molecule has 3 rings (SSSR count). The van der Waals surface area contributed by atoms with E-state index in [2.05, 4.69) is 0 Å². The molecule has 0 saturated heterocycles. The molecular weight excluding hydrogens is 548 g/mol. The van der Waals surface area contributed by atoms with Crippen LogP contribution in [-0.2, 0) is 28.8 Å². The second-order valence-electron chi connectivity index (χ2n) is 8.25. The van der Waals surface area contributed by atoms with E-state index >= 15 is 0 Å². The highest BCUT2D eigenvalue weighted by molar-refractivity contribution is 5.92. The van der Waals surface area contributed by atoms with Crippen LogP contribution in [0.3, 0.4) is 0 Å². The Labute approximate surface area is 230 Å². The van der Waals surface area contributed by atoms with E-state index in [0.717, 1.165) is 65.8 Å². The highest BCUT2D eigenvalue weighted by atomic mass is 16.6. The number of rotatable bonds is 7. The van der Waals surface area contributed by atoms with Gasteiger partial charge in [0.2, 0.25) is 16.9 Å². The van der Waals surface area contributed by atoms with Gasteiger partial charge >= 0.3 is 35.8 Å². The largest absolute Gasteiger partial charge is 0.452 e. The SMILES string of the molecule is CC(=O)Oc1cc(OC(C)=O)c2c(=O)c(OC(C)=O)c(-c3cc(OC(C)=O)c(OC(C)=O)c(OC(C)=O)c3)oc2c1. The van der Waals surface area contributed by atoms with Crippen LogP contribution in [0, 0.1) is 0 Å². The average Bonchev–Trinajstić information content (AvgIpc) is 2.80. The Morgan fingerprint density at radius 1 is 0.537 bits per heavy atom. The molecule has 14 nitrogen and oxygen atoms in total. The number of carbonyl (C=O) groups is 6. The van der Waals surface area contributed by atoms with E-state index in [4.69, 9.17) is 32.8 Å². The third-order valence-electron chi connectivity index (χ3n) is 4.69. The zero-order valence-electron chi connectivity index (χ0n) is 22.5. The maximum atomic E-state index is 13.7. The van der Waals surface area contributed by atoms with Gasteiger partial charge in [0.05, 0.1) is 0 Å². The number of hydrogen-bond donors (Lipinski definition) is 0. The Balaban J connectivity index is 2.49. The molecule has 3 aromatic rings. The maximum Gasteiger partial charge on any atom is 0.308 e. The van der Waals surface area contributed by atoms with Crippen molar-refractivity contribution >= 4 is 46.8 Å². The number of benzene rings is 2. The van der Waals surface area contributed by atoms with Crippen molar-refractivity contribution in [1.82, 2.24) is 0 Å². The van der Waals surface area contributed by atoms with E-state index < -0.39 is 70.0 Å². The first-order valence-corrected chi connectivity index (χ1v) is 11.6. The zero-order valence-corrected chi connectivity index (χ0v) is 22.5. The summed E-state index contributed by atoms with van der Waals surface area (Å²) in [5, 5.41) is -0.354. The second-order valence-corrected chi connectivity index (χ2v) is 8.25. The second kappa shape index (κ2) is 12.1. The average molecular weight is 570 g/mol. The van der Waals surface area contributed by atoms with Crippen LogP contribution in [0.5, 0.6) is 34.5 Å². The molecule has 0 amide bonds. The lowest BCUT2D eigenvalue weighted by molar-refractivity contribution is -0.135. The molecule has 1 heterocycles. The molecular formula is C27H22O14. The summed E-state index contributed by atoms with van der Waals surface area (Å²) in [7, 11) is 0. The van der Waals surface area contributed by atoms with E-state index in [0.29, 0.717) is 0 Å². The van der Waals surface area contributed by atoms with Crippen LogP contribution < -0.4 is 33.8 Å². The number of esters is 6. The normalized spacial score (nSPS) is 10.4. The smallest absolute Gasteiger partial charge is 0.308 e. The van der Waals surface area contributed by atoms with Crippen molar-refractivity contribution in [2.45, 2.75) is 41.5 Å². The Bertz CT molecular complexity index is 1640. The van der Waals surface area contributed by atoms with Crippen LogP contribution >= 0.6 is 0 Å². The minimum absolute atomic E-state index is 0.157. The zero-order chi connectivity index (χ0) is 30.6. The standard InChI is InChI=1S/C27H22O14/c1-11(28)35-18-9-19(36-12(2)29)23-20(10-18)41-25(27(24(23)34)40-16(6)33)17-7-21(37-13(3)30)26(39-15(5)32)22(8-17)38-14(4)31/h7-10H,1-6H3. The lowest BCUT2D eigenvalue weighted by Crippen LogP contribution is -2.15. The Kier molecular flexibility index (Phi) is 8.87. The van der Waals surface area contributed by atoms with Gasteiger partial charge in [0.1, 0.15) is 22.5 Å². The van der Waals surface area contributed by atoms with Crippen molar-refractivity contribution in [1.29, 1.82) is 0 Å². The molecule has 1 aromatic heterocycles. The molecule has 0 aliphatic rings. The van der Waals surface area contributed by atoms with Crippen molar-refractivity contribution in [2.24, 2.45) is 0 Å². The van der Waals surface area contributed by atoms with Gasteiger partial charge in [0, 0.05) is 59.2 Å². The Hall–Kier alpha value is -5.53. The molecule has 0 N–H and O–H groups in total. The third kappa shape index (κ3) is 7.32. The van der Waals surface area contributed by atoms with Crippen molar-refractivity contribution < 1.29 is 61.6 Å². The maximum absolute atomic E-state index is 13.7. The van der Waals surface area contributed by atoms with Crippen LogP contribution in [0.4, 0.5) is 0 Å². The van der Waals surface area contributed by atoms with E-state index in [1.165, 1.54) is 0 Å². The van der Waals surface area contributed by atoms with Gasteiger partial charge in [-0.2, -0.15) is 0 Å². The van der Waals surface area contributed by atoms with Gasteiger partial charge in [-0.1, -0.05) is 0 Å². The molecule has 2 aromatic carbocycles. The van der Waals surface area contributed by atoms with E-state index in [1.54, 1.807) is 0 Å². The van der Waals surface area contributed by atoms with Gasteiger partial charge in [-0.3, -0.25) is 33.6 Å². The number of carbonyl (C=O) groups excluding carboxylic acids is 6. The molecule has 0 spiro atoms. The van der Waals surface area contributed by atoms with E-state index in [-0.39, 0.29) is 28.0 Å². The minimum atomic E-state index is -0.991. The topological polar surface area (TPSA) is 188 Å². The van der Waals surface area contributed by atoms with Gasteiger partial charge in [-0.05, 0) is 12.1 Å². The molecule has 214 valence electrons. The fourth-order valence-electron chi connectivity index (χ4n) is 3.54. The van der Waals surface area contributed by atoms with E-state index in [9.17, 15) is 33.6 Å². The highest BCUT2D eigenvalue weighted by Gasteiger charge is 2.27. The summed E-state index contributed by atoms with van der Waals surface area (Å²) in [6.07, 6.45) is 0. The first-order chi connectivity index (χ1) is 19.2. The van der Waals surface area contributed by atoms with Crippen LogP contribution in [0.2, 0.25) is 0 Å². The Morgan fingerprint density at radius 2 is 0.976 bits per heavy atom. The summed E-state index contributed by atoms with van der Waals surface area (Å²) in [6, 6.07) is 4.41. The van der Waals surface area contributed by atoms with Crippen molar-refractivity contribution in [3.8, 4) is 45.8 Å². The number of fused-ring (bicyclic) bond motifs is 1. The third-order valence-corrected chi connectivity index (χ3v) is 4.69. The monoisotopic (exact) mass is 570 g/mol. The van der Waals surface area contributed by atoms with Gasteiger partial charge in [-0.15, -0.1) is 0 Å². The number of hydrogen-bond acceptors (Lipinski definition) is 14. The van der Waals surface area contributed by atoms with Crippen LogP contribution in [0.15, 0.2) is 33.5 Å². The molecule has 0 atom stereocenters. The molecule has 0 radical (unpaired) electrons. The predicted octanol–water partition coefficient (Wildman–Crippen LogP) is 3.01. The quantitative estimate of drug-likeness (QED) is 0.298. The fraction of sp³-hybridized carbons (Fsp3) is 0.222. The van der Waals surface area contributed by atoms with Crippen molar-refractivity contribution in [3.05, 3.63) is 34.5 Å². The molecule has 0 bridgehead atoms. The Morgan fingerprint density at radius 3 is 1.44 bits per heavy atom. The van der Waals surface area contributed by atoms with Gasteiger partial charge in [-0.25, -0.2) is 0 Å². The predicted molar refractivity (Wildman–Crippen MR) is 136 cm³/mol. The lowest BCUT2D eigenvalue weighted by Gasteiger charge is -2.16. The summed E-state index contributed by atoms with van der Waals surface area (Å²) in [5.74, 6) is -8.07. The summed E-state index contributed by atoms with van der Waals surface area (Å²) in [5.41, 5.74) is -1.44. The fourth-order valence-corrected chi connectivity index (χ4v) is 3.54. The van der Waals surface area contributed by atoms with Crippen LogP contribution in [-0.4, -0.2) is 35.8 Å².